The number of halogens is 1. The quantitative estimate of drug-likeness (QED) is 0.488. The fourth-order valence-corrected chi connectivity index (χ4v) is 3.60. The monoisotopic (exact) mass is 421 g/mol. The number of nitrogens with one attached hydrogen (secondary N) is 1. The van der Waals surface area contributed by atoms with Crippen LogP contribution in [0.15, 0.2) is 78.9 Å². The van der Waals surface area contributed by atoms with Crippen molar-refractivity contribution in [3.05, 3.63) is 101 Å². The maximum atomic E-state index is 12.8. The van der Waals surface area contributed by atoms with Crippen molar-refractivity contribution in [1.82, 2.24) is 5.32 Å². The summed E-state index contributed by atoms with van der Waals surface area (Å²) in [6.07, 6.45) is 0.220. The van der Waals surface area contributed by atoms with E-state index in [1.165, 1.54) is 11.1 Å². The van der Waals surface area contributed by atoms with Crippen molar-refractivity contribution in [2.45, 2.75) is 45.3 Å². The van der Waals surface area contributed by atoms with E-state index in [1.807, 2.05) is 80.6 Å². The van der Waals surface area contributed by atoms with Gasteiger partial charge in [-0.2, -0.15) is 0 Å². The van der Waals surface area contributed by atoms with E-state index < -0.39 is 6.10 Å². The van der Waals surface area contributed by atoms with Gasteiger partial charge in [0, 0.05) is 17.0 Å². The Kier molecular flexibility index (Phi) is 7.53. The number of hydrogen-bond acceptors (Lipinski definition) is 2. The Balaban J connectivity index is 1.70. The molecule has 1 amide bonds. The van der Waals surface area contributed by atoms with Gasteiger partial charge in [0.1, 0.15) is 5.75 Å². The molecule has 0 aliphatic carbocycles. The van der Waals surface area contributed by atoms with Crippen LogP contribution in [-0.4, -0.2) is 18.1 Å². The van der Waals surface area contributed by atoms with Crippen molar-refractivity contribution in [2.24, 2.45) is 0 Å². The molecule has 3 atom stereocenters. The normalized spacial score (nSPS) is 13.9. The predicted octanol–water partition coefficient (Wildman–Crippen LogP) is 5.95. The van der Waals surface area contributed by atoms with Gasteiger partial charge in [0.2, 0.25) is 0 Å². The Morgan fingerprint density at radius 1 is 0.933 bits per heavy atom. The van der Waals surface area contributed by atoms with E-state index in [2.05, 4.69) is 17.4 Å². The van der Waals surface area contributed by atoms with E-state index in [9.17, 15) is 4.79 Å². The molecule has 0 fully saturated rings. The molecule has 0 saturated carbocycles. The highest BCUT2D eigenvalue weighted by Gasteiger charge is 2.24. The number of ether oxygens (including phenoxy) is 1. The molecule has 30 heavy (non-hydrogen) atoms. The molecule has 0 heterocycles. The van der Waals surface area contributed by atoms with Crippen molar-refractivity contribution >= 4 is 17.5 Å². The van der Waals surface area contributed by atoms with Gasteiger partial charge in [-0.1, -0.05) is 71.8 Å². The van der Waals surface area contributed by atoms with E-state index in [4.69, 9.17) is 16.3 Å². The summed E-state index contributed by atoms with van der Waals surface area (Å²) in [5.74, 6) is 0.694. The van der Waals surface area contributed by atoms with Crippen molar-refractivity contribution in [3.63, 3.8) is 0 Å². The molecule has 3 aromatic carbocycles. The first-order chi connectivity index (χ1) is 14.4. The number of hydrogen-bond donors (Lipinski definition) is 1. The Hall–Kier alpha value is -2.78. The Morgan fingerprint density at radius 3 is 2.20 bits per heavy atom. The second-order valence-electron chi connectivity index (χ2n) is 7.72. The number of aryl methyl sites for hydroxylation is 1. The Labute approximate surface area is 184 Å². The maximum absolute atomic E-state index is 12.8. The van der Waals surface area contributed by atoms with Gasteiger partial charge in [0.25, 0.3) is 5.91 Å². The zero-order valence-electron chi connectivity index (χ0n) is 17.6. The Bertz CT molecular complexity index is 939. The third-order valence-electron chi connectivity index (χ3n) is 5.27. The first kappa shape index (κ1) is 21.9. The van der Waals surface area contributed by atoms with Crippen LogP contribution in [-0.2, 0) is 11.2 Å². The fourth-order valence-electron chi connectivity index (χ4n) is 3.47. The van der Waals surface area contributed by atoms with Gasteiger partial charge >= 0.3 is 0 Å². The molecule has 0 aliphatic heterocycles. The molecular formula is C26H28ClNO2. The van der Waals surface area contributed by atoms with E-state index in [-0.39, 0.29) is 17.9 Å². The van der Waals surface area contributed by atoms with Gasteiger partial charge in [-0.25, -0.2) is 0 Å². The van der Waals surface area contributed by atoms with Crippen LogP contribution in [0.2, 0.25) is 5.02 Å². The minimum atomic E-state index is -0.581. The lowest BCUT2D eigenvalue weighted by atomic mass is 9.86. The third kappa shape index (κ3) is 6.11. The summed E-state index contributed by atoms with van der Waals surface area (Å²) in [4.78, 5) is 12.8. The van der Waals surface area contributed by atoms with Crippen LogP contribution in [0.4, 0.5) is 0 Å². The lowest BCUT2D eigenvalue weighted by Crippen LogP contribution is -2.44. The summed E-state index contributed by atoms with van der Waals surface area (Å²) in [6.45, 7) is 5.84. The molecule has 0 aromatic heterocycles. The number of carbonyl (C=O) groups excluding carboxylic acids is 1. The number of carbonyl (C=O) groups is 1. The van der Waals surface area contributed by atoms with E-state index in [1.54, 1.807) is 6.92 Å². The maximum Gasteiger partial charge on any atom is 0.261 e. The van der Waals surface area contributed by atoms with Crippen LogP contribution in [0.3, 0.4) is 0 Å². The molecule has 0 aliphatic rings. The molecular weight excluding hydrogens is 394 g/mol. The standard InChI is InChI=1S/C26H28ClNO2/c1-18-9-15-24(16-10-18)30-20(3)26(29)28-19(2)25(22-7-5-4-6-8-22)17-21-11-13-23(27)14-12-21/h4-16,19-20,25H,17H2,1-3H3,(H,28,29). The summed E-state index contributed by atoms with van der Waals surface area (Å²) in [5, 5.41) is 3.87. The summed E-state index contributed by atoms with van der Waals surface area (Å²) >= 11 is 6.04. The predicted molar refractivity (Wildman–Crippen MR) is 123 cm³/mol. The van der Waals surface area contributed by atoms with Gasteiger partial charge in [-0.15, -0.1) is 0 Å². The van der Waals surface area contributed by atoms with Crippen LogP contribution in [0.5, 0.6) is 5.75 Å². The first-order valence-electron chi connectivity index (χ1n) is 10.3. The average Bonchev–Trinajstić information content (AvgIpc) is 2.75. The van der Waals surface area contributed by atoms with Crippen LogP contribution < -0.4 is 10.1 Å². The zero-order valence-corrected chi connectivity index (χ0v) is 18.4. The molecule has 0 radical (unpaired) electrons. The average molecular weight is 422 g/mol. The van der Waals surface area contributed by atoms with E-state index >= 15 is 0 Å². The summed E-state index contributed by atoms with van der Waals surface area (Å²) in [6, 6.07) is 25.8. The van der Waals surface area contributed by atoms with Crippen molar-refractivity contribution in [3.8, 4) is 5.75 Å². The third-order valence-corrected chi connectivity index (χ3v) is 5.53. The number of benzene rings is 3. The first-order valence-corrected chi connectivity index (χ1v) is 10.6. The largest absolute Gasteiger partial charge is 0.481 e. The highest BCUT2D eigenvalue weighted by atomic mass is 35.5. The van der Waals surface area contributed by atoms with Gasteiger partial charge in [-0.05, 0) is 62.6 Å². The minimum Gasteiger partial charge on any atom is -0.481 e. The van der Waals surface area contributed by atoms with Crippen molar-refractivity contribution in [1.29, 1.82) is 0 Å². The molecule has 3 rings (SSSR count). The van der Waals surface area contributed by atoms with Crippen LogP contribution in [0.1, 0.15) is 36.5 Å². The molecule has 0 bridgehead atoms. The molecule has 3 unspecified atom stereocenters. The highest BCUT2D eigenvalue weighted by Crippen LogP contribution is 2.25. The molecule has 1 N–H and O–H groups in total. The van der Waals surface area contributed by atoms with Crippen LogP contribution in [0.25, 0.3) is 0 Å². The zero-order chi connectivity index (χ0) is 21.5. The number of rotatable bonds is 8. The van der Waals surface area contributed by atoms with Crippen LogP contribution in [0, 0.1) is 6.92 Å². The van der Waals surface area contributed by atoms with Gasteiger partial charge in [-0.3, -0.25) is 4.79 Å². The van der Waals surface area contributed by atoms with Gasteiger partial charge in [0.05, 0.1) is 0 Å². The topological polar surface area (TPSA) is 38.3 Å². The molecule has 0 spiro atoms. The van der Waals surface area contributed by atoms with Crippen molar-refractivity contribution < 1.29 is 9.53 Å². The summed E-state index contributed by atoms with van der Waals surface area (Å²) in [7, 11) is 0. The van der Waals surface area contributed by atoms with E-state index in [0.717, 1.165) is 17.0 Å². The second kappa shape index (κ2) is 10.3. The van der Waals surface area contributed by atoms with Crippen LogP contribution >= 0.6 is 11.6 Å². The minimum absolute atomic E-state index is 0.0698. The Morgan fingerprint density at radius 2 is 1.57 bits per heavy atom. The van der Waals surface area contributed by atoms with Crippen molar-refractivity contribution in [2.75, 3.05) is 0 Å². The SMILES string of the molecule is Cc1ccc(OC(C)C(=O)NC(C)C(Cc2ccc(Cl)cc2)c2ccccc2)cc1. The molecule has 3 nitrogen and oxygen atoms in total. The molecule has 3 aromatic rings. The molecule has 156 valence electrons. The highest BCUT2D eigenvalue weighted by molar-refractivity contribution is 6.30. The second-order valence-corrected chi connectivity index (χ2v) is 8.15. The lowest BCUT2D eigenvalue weighted by molar-refractivity contribution is -0.128. The van der Waals surface area contributed by atoms with E-state index in [0.29, 0.717) is 5.75 Å². The molecule has 4 heteroatoms. The number of amides is 1. The summed E-state index contributed by atoms with van der Waals surface area (Å²) < 4.78 is 5.82. The molecule has 0 saturated heterocycles. The lowest BCUT2D eigenvalue weighted by Gasteiger charge is -2.27. The van der Waals surface area contributed by atoms with Gasteiger partial charge < -0.3 is 10.1 Å². The fraction of sp³-hybridized carbons (Fsp3) is 0.269. The van der Waals surface area contributed by atoms with Gasteiger partial charge in [0.15, 0.2) is 6.10 Å². The smallest absolute Gasteiger partial charge is 0.261 e. The summed E-state index contributed by atoms with van der Waals surface area (Å²) in [5.41, 5.74) is 3.52.